The number of nitrogens with zero attached hydrogens (tertiary/aromatic N) is 4. The Hall–Kier alpha value is -4.08. The summed E-state index contributed by atoms with van der Waals surface area (Å²) in [6.45, 7) is 1.57. The van der Waals surface area contributed by atoms with Crippen molar-refractivity contribution in [3.05, 3.63) is 82.4 Å². The lowest BCUT2D eigenvalue weighted by atomic mass is 10.2. The van der Waals surface area contributed by atoms with Gasteiger partial charge in [0.25, 0.3) is 5.78 Å². The van der Waals surface area contributed by atoms with E-state index in [4.69, 9.17) is 0 Å². The van der Waals surface area contributed by atoms with Crippen LogP contribution in [-0.2, 0) is 11.3 Å². The van der Waals surface area contributed by atoms with Gasteiger partial charge in [-0.2, -0.15) is 4.98 Å². The molecule has 0 atom stereocenters. The Morgan fingerprint density at radius 3 is 2.50 bits per heavy atom. The van der Waals surface area contributed by atoms with Crippen molar-refractivity contribution < 1.29 is 13.6 Å². The Kier molecular flexibility index (Phi) is 4.97. The number of aromatic nitrogens is 4. The minimum absolute atomic E-state index is 0.0680. The summed E-state index contributed by atoms with van der Waals surface area (Å²) in [5.41, 5.74) is 1.46. The predicted octanol–water partition coefficient (Wildman–Crippen LogP) is 2.86. The van der Waals surface area contributed by atoms with E-state index in [0.29, 0.717) is 5.82 Å². The standard InChI is InChI=1S/C20H16F2N6O2/c1-12-2-4-13(5-3-12)23-17-8-9-27-19(25-17)26-28(20(27)30)11-18(29)24-14-6-7-15(21)16(22)10-14/h2-10H,11H2,1H3,(H,24,29)(H,23,25,26). The Bertz CT molecular complexity index is 1300. The third-order valence-corrected chi connectivity index (χ3v) is 4.28. The molecule has 0 saturated heterocycles. The average molecular weight is 410 g/mol. The molecule has 8 nitrogen and oxygen atoms in total. The highest BCUT2D eigenvalue weighted by molar-refractivity contribution is 5.90. The van der Waals surface area contributed by atoms with Crippen molar-refractivity contribution >= 4 is 28.9 Å². The van der Waals surface area contributed by atoms with Crippen molar-refractivity contribution in [1.29, 1.82) is 0 Å². The molecule has 4 aromatic rings. The van der Waals surface area contributed by atoms with Crippen molar-refractivity contribution in [2.75, 3.05) is 10.6 Å². The predicted molar refractivity (Wildman–Crippen MR) is 107 cm³/mol. The molecule has 30 heavy (non-hydrogen) atoms. The minimum atomic E-state index is -1.09. The van der Waals surface area contributed by atoms with Crippen LogP contribution in [0.5, 0.6) is 0 Å². The lowest BCUT2D eigenvalue weighted by Crippen LogP contribution is -2.28. The fraction of sp³-hybridized carbons (Fsp3) is 0.100. The van der Waals surface area contributed by atoms with Crippen molar-refractivity contribution in [3.63, 3.8) is 0 Å². The number of amides is 1. The van der Waals surface area contributed by atoms with Crippen LogP contribution >= 0.6 is 0 Å². The zero-order valence-corrected chi connectivity index (χ0v) is 15.8. The zero-order chi connectivity index (χ0) is 21.3. The quantitative estimate of drug-likeness (QED) is 0.528. The Labute approximate surface area is 168 Å². The highest BCUT2D eigenvalue weighted by atomic mass is 19.2. The van der Waals surface area contributed by atoms with Crippen molar-refractivity contribution in [2.24, 2.45) is 0 Å². The summed E-state index contributed by atoms with van der Waals surface area (Å²) in [6.07, 6.45) is 1.50. The minimum Gasteiger partial charge on any atom is -0.340 e. The van der Waals surface area contributed by atoms with Gasteiger partial charge in [0.1, 0.15) is 12.4 Å². The van der Waals surface area contributed by atoms with Crippen LogP contribution in [0.1, 0.15) is 5.56 Å². The first-order valence-corrected chi connectivity index (χ1v) is 8.94. The summed E-state index contributed by atoms with van der Waals surface area (Å²) in [6, 6.07) is 12.3. The van der Waals surface area contributed by atoms with Crippen molar-refractivity contribution in [3.8, 4) is 0 Å². The Balaban J connectivity index is 1.52. The molecule has 2 aromatic heterocycles. The first-order valence-electron chi connectivity index (χ1n) is 8.94. The molecule has 152 valence electrons. The van der Waals surface area contributed by atoms with E-state index in [-0.39, 0.29) is 11.5 Å². The fourth-order valence-electron chi connectivity index (χ4n) is 2.77. The first-order chi connectivity index (χ1) is 14.4. The summed E-state index contributed by atoms with van der Waals surface area (Å²) in [5.74, 6) is -2.14. The normalized spacial score (nSPS) is 10.9. The van der Waals surface area contributed by atoms with Crippen LogP contribution in [0.3, 0.4) is 0 Å². The SMILES string of the molecule is Cc1ccc(Nc2ccn3c(=O)n(CC(=O)Nc4ccc(F)c(F)c4)nc3n2)cc1. The maximum Gasteiger partial charge on any atom is 0.352 e. The van der Waals surface area contributed by atoms with Gasteiger partial charge in [0, 0.05) is 23.6 Å². The summed E-state index contributed by atoms with van der Waals surface area (Å²) < 4.78 is 28.4. The number of nitrogens with one attached hydrogen (secondary N) is 2. The van der Waals surface area contributed by atoms with Gasteiger partial charge in [-0.1, -0.05) is 17.7 Å². The van der Waals surface area contributed by atoms with Gasteiger partial charge in [-0.25, -0.2) is 22.7 Å². The molecule has 10 heteroatoms. The van der Waals surface area contributed by atoms with Gasteiger partial charge in [-0.15, -0.1) is 5.10 Å². The smallest absolute Gasteiger partial charge is 0.340 e. The van der Waals surface area contributed by atoms with Crippen LogP contribution < -0.4 is 16.3 Å². The topological polar surface area (TPSA) is 93.3 Å². The highest BCUT2D eigenvalue weighted by Crippen LogP contribution is 2.15. The van der Waals surface area contributed by atoms with Crippen LogP contribution in [0.2, 0.25) is 0 Å². The Morgan fingerprint density at radius 2 is 1.77 bits per heavy atom. The number of hydrogen-bond donors (Lipinski definition) is 2. The number of carbonyl (C=O) groups excluding carboxylic acids is 1. The first kappa shape index (κ1) is 19.2. The molecule has 0 aliphatic rings. The molecule has 0 radical (unpaired) electrons. The van der Waals surface area contributed by atoms with Gasteiger partial charge in [0.05, 0.1) is 0 Å². The van der Waals surface area contributed by atoms with E-state index in [0.717, 1.165) is 28.1 Å². The number of benzene rings is 2. The van der Waals surface area contributed by atoms with E-state index in [9.17, 15) is 18.4 Å². The van der Waals surface area contributed by atoms with Gasteiger partial charge in [-0.05, 0) is 37.3 Å². The van der Waals surface area contributed by atoms with Gasteiger partial charge in [-0.3, -0.25) is 4.79 Å². The van der Waals surface area contributed by atoms with Crippen LogP contribution in [-0.4, -0.2) is 25.1 Å². The second-order valence-electron chi connectivity index (χ2n) is 6.59. The summed E-state index contributed by atoms with van der Waals surface area (Å²) in [5, 5.41) is 9.57. The third kappa shape index (κ3) is 4.02. The molecule has 2 N–H and O–H groups in total. The molecule has 2 heterocycles. The average Bonchev–Trinajstić information content (AvgIpc) is 3.01. The van der Waals surface area contributed by atoms with Gasteiger partial charge in [0.15, 0.2) is 11.6 Å². The molecule has 1 amide bonds. The van der Waals surface area contributed by atoms with Crippen molar-refractivity contribution in [2.45, 2.75) is 13.5 Å². The number of carbonyl (C=O) groups is 1. The summed E-state index contributed by atoms with van der Waals surface area (Å²) >= 11 is 0. The largest absolute Gasteiger partial charge is 0.352 e. The molecular formula is C20H16F2N6O2. The molecule has 0 fully saturated rings. The highest BCUT2D eigenvalue weighted by Gasteiger charge is 2.13. The fourth-order valence-corrected chi connectivity index (χ4v) is 2.77. The van der Waals surface area contributed by atoms with Crippen molar-refractivity contribution in [1.82, 2.24) is 19.2 Å². The molecular weight excluding hydrogens is 394 g/mol. The lowest BCUT2D eigenvalue weighted by Gasteiger charge is -2.05. The molecule has 4 rings (SSSR count). The Morgan fingerprint density at radius 1 is 1.03 bits per heavy atom. The monoisotopic (exact) mass is 410 g/mol. The maximum atomic E-state index is 13.3. The second-order valence-corrected chi connectivity index (χ2v) is 6.59. The van der Waals surface area contributed by atoms with E-state index < -0.39 is 29.8 Å². The molecule has 0 spiro atoms. The van der Waals surface area contributed by atoms with Gasteiger partial charge < -0.3 is 10.6 Å². The van der Waals surface area contributed by atoms with Crippen LogP contribution in [0, 0.1) is 18.6 Å². The molecule has 0 aliphatic heterocycles. The van der Waals surface area contributed by atoms with Crippen LogP contribution in [0.25, 0.3) is 5.78 Å². The molecule has 0 saturated carbocycles. The van der Waals surface area contributed by atoms with Gasteiger partial charge >= 0.3 is 5.69 Å². The number of anilines is 3. The maximum absolute atomic E-state index is 13.3. The second kappa shape index (κ2) is 7.74. The van der Waals surface area contributed by atoms with E-state index >= 15 is 0 Å². The molecule has 0 bridgehead atoms. The number of fused-ring (bicyclic) bond motifs is 1. The van der Waals surface area contributed by atoms with E-state index in [2.05, 4.69) is 20.7 Å². The molecule has 0 aliphatic carbocycles. The van der Waals surface area contributed by atoms with Crippen LogP contribution in [0.15, 0.2) is 59.5 Å². The summed E-state index contributed by atoms with van der Waals surface area (Å²) in [4.78, 5) is 28.9. The number of hydrogen-bond acceptors (Lipinski definition) is 5. The lowest BCUT2D eigenvalue weighted by molar-refractivity contribution is -0.117. The van der Waals surface area contributed by atoms with E-state index in [1.165, 1.54) is 16.7 Å². The number of rotatable bonds is 5. The number of aryl methyl sites for hydroxylation is 1. The molecule has 2 aromatic carbocycles. The van der Waals surface area contributed by atoms with Gasteiger partial charge in [0.2, 0.25) is 5.91 Å². The van der Waals surface area contributed by atoms with Crippen LogP contribution in [0.4, 0.5) is 26.0 Å². The third-order valence-electron chi connectivity index (χ3n) is 4.28. The summed E-state index contributed by atoms with van der Waals surface area (Å²) in [7, 11) is 0. The molecule has 0 unspecified atom stereocenters. The van der Waals surface area contributed by atoms with E-state index in [1.54, 1.807) is 6.07 Å². The van der Waals surface area contributed by atoms with E-state index in [1.807, 2.05) is 31.2 Å². The zero-order valence-electron chi connectivity index (χ0n) is 15.8. The number of halogens is 2.